The van der Waals surface area contributed by atoms with Gasteiger partial charge in [-0.15, -0.1) is 0 Å². The van der Waals surface area contributed by atoms with Crippen molar-refractivity contribution in [3.8, 4) is 11.5 Å². The molecular weight excluding hydrogens is 344 g/mol. The van der Waals surface area contributed by atoms with Crippen LogP contribution >= 0.6 is 0 Å². The molecule has 27 heavy (non-hydrogen) atoms. The number of anilines is 1. The van der Waals surface area contributed by atoms with Crippen molar-refractivity contribution in [3.63, 3.8) is 0 Å². The number of hydrogen-bond acceptors (Lipinski definition) is 4. The van der Waals surface area contributed by atoms with Gasteiger partial charge in [0, 0.05) is 31.3 Å². The number of carbonyl (C=O) groups excluding carboxylic acids is 2. The Morgan fingerprint density at radius 3 is 2.48 bits per heavy atom. The zero-order chi connectivity index (χ0) is 19.4. The van der Waals surface area contributed by atoms with Crippen LogP contribution in [0.25, 0.3) is 0 Å². The van der Waals surface area contributed by atoms with Crippen LogP contribution in [-0.2, 0) is 16.1 Å². The predicted octanol–water partition coefficient (Wildman–Crippen LogP) is 3.00. The average molecular weight is 368 g/mol. The Labute approximate surface area is 159 Å². The van der Waals surface area contributed by atoms with Crippen LogP contribution in [0.3, 0.4) is 0 Å². The topological polar surface area (TPSA) is 67.9 Å². The Morgan fingerprint density at radius 1 is 1.15 bits per heavy atom. The Hall–Kier alpha value is -3.02. The fraction of sp³-hybridized carbons (Fsp3) is 0.333. The third-order valence-corrected chi connectivity index (χ3v) is 4.79. The Morgan fingerprint density at radius 2 is 1.81 bits per heavy atom. The fourth-order valence-corrected chi connectivity index (χ4v) is 3.25. The summed E-state index contributed by atoms with van der Waals surface area (Å²) in [5, 5.41) is 2.93. The van der Waals surface area contributed by atoms with Crippen LogP contribution in [-0.4, -0.2) is 37.5 Å². The number of likely N-dealkylation sites (tertiary alicyclic amines) is 1. The number of carbonyl (C=O) groups is 2. The second-order valence-electron chi connectivity index (χ2n) is 6.67. The first-order chi connectivity index (χ1) is 13.0. The molecule has 2 aromatic rings. The van der Waals surface area contributed by atoms with E-state index in [1.54, 1.807) is 25.2 Å². The highest BCUT2D eigenvalue weighted by Gasteiger charge is 2.34. The van der Waals surface area contributed by atoms with E-state index in [4.69, 9.17) is 9.47 Å². The molecule has 1 atom stereocenters. The number of aryl methyl sites for hydroxylation is 1. The van der Waals surface area contributed by atoms with Crippen LogP contribution in [0.5, 0.6) is 11.5 Å². The molecule has 2 amide bonds. The monoisotopic (exact) mass is 368 g/mol. The highest BCUT2D eigenvalue weighted by molar-refractivity contribution is 5.97. The zero-order valence-corrected chi connectivity index (χ0v) is 15.8. The van der Waals surface area contributed by atoms with Gasteiger partial charge in [-0.1, -0.05) is 30.3 Å². The largest absolute Gasteiger partial charge is 0.493 e. The van der Waals surface area contributed by atoms with Gasteiger partial charge in [-0.25, -0.2) is 0 Å². The molecule has 0 unspecified atom stereocenters. The third kappa shape index (κ3) is 4.22. The molecule has 1 fully saturated rings. The van der Waals surface area contributed by atoms with Crippen molar-refractivity contribution in [1.29, 1.82) is 0 Å². The molecule has 142 valence electrons. The molecule has 0 radical (unpaired) electrons. The number of benzene rings is 2. The molecule has 0 spiro atoms. The summed E-state index contributed by atoms with van der Waals surface area (Å²) in [4.78, 5) is 26.7. The van der Waals surface area contributed by atoms with Crippen LogP contribution in [0, 0.1) is 12.8 Å². The molecule has 0 aliphatic carbocycles. The van der Waals surface area contributed by atoms with Crippen molar-refractivity contribution < 1.29 is 19.1 Å². The van der Waals surface area contributed by atoms with Gasteiger partial charge in [-0.05, 0) is 24.1 Å². The molecule has 1 aliphatic rings. The Balaban J connectivity index is 1.68. The third-order valence-electron chi connectivity index (χ3n) is 4.79. The summed E-state index contributed by atoms with van der Waals surface area (Å²) in [6.45, 7) is 2.84. The van der Waals surface area contributed by atoms with Crippen molar-refractivity contribution in [2.24, 2.45) is 5.92 Å². The van der Waals surface area contributed by atoms with Crippen molar-refractivity contribution >= 4 is 17.5 Å². The lowest BCUT2D eigenvalue weighted by Gasteiger charge is -2.17. The van der Waals surface area contributed by atoms with Gasteiger partial charge in [-0.3, -0.25) is 9.59 Å². The van der Waals surface area contributed by atoms with Gasteiger partial charge in [0.05, 0.1) is 20.1 Å². The zero-order valence-electron chi connectivity index (χ0n) is 15.8. The van der Waals surface area contributed by atoms with E-state index in [1.165, 1.54) is 0 Å². The quantitative estimate of drug-likeness (QED) is 0.851. The second kappa shape index (κ2) is 8.12. The lowest BCUT2D eigenvalue weighted by Crippen LogP contribution is -2.28. The summed E-state index contributed by atoms with van der Waals surface area (Å²) in [6.07, 6.45) is 0.227. The number of nitrogens with one attached hydrogen (secondary N) is 1. The van der Waals surface area contributed by atoms with E-state index in [9.17, 15) is 9.59 Å². The Kier molecular flexibility index (Phi) is 5.64. The van der Waals surface area contributed by atoms with E-state index >= 15 is 0 Å². The molecule has 1 saturated heterocycles. The highest BCUT2D eigenvalue weighted by atomic mass is 16.5. The van der Waals surface area contributed by atoms with E-state index < -0.39 is 0 Å². The van der Waals surface area contributed by atoms with Gasteiger partial charge in [0.25, 0.3) is 0 Å². The van der Waals surface area contributed by atoms with Gasteiger partial charge < -0.3 is 19.7 Å². The number of rotatable bonds is 6. The summed E-state index contributed by atoms with van der Waals surface area (Å²) in [6, 6.07) is 13.3. The van der Waals surface area contributed by atoms with Gasteiger partial charge in [0.15, 0.2) is 11.5 Å². The smallest absolute Gasteiger partial charge is 0.229 e. The van der Waals surface area contributed by atoms with E-state index in [1.807, 2.05) is 43.3 Å². The van der Waals surface area contributed by atoms with Crippen molar-refractivity contribution in [3.05, 3.63) is 53.6 Å². The first kappa shape index (κ1) is 18.8. The van der Waals surface area contributed by atoms with E-state index in [0.717, 1.165) is 11.1 Å². The molecule has 0 saturated carbocycles. The highest BCUT2D eigenvalue weighted by Crippen LogP contribution is 2.33. The van der Waals surface area contributed by atoms with Crippen LogP contribution in [0.4, 0.5) is 5.69 Å². The summed E-state index contributed by atoms with van der Waals surface area (Å²) in [5.74, 6) is 0.635. The molecular formula is C21H24N2O4. The molecule has 0 aromatic heterocycles. The lowest BCUT2D eigenvalue weighted by atomic mass is 10.1. The minimum absolute atomic E-state index is 0.00281. The number of methoxy groups -OCH3 is 2. The van der Waals surface area contributed by atoms with Crippen LogP contribution < -0.4 is 14.8 Å². The van der Waals surface area contributed by atoms with Gasteiger partial charge >= 0.3 is 0 Å². The molecule has 1 N–H and O–H groups in total. The minimum atomic E-state index is -0.367. The van der Waals surface area contributed by atoms with Crippen LogP contribution in [0.2, 0.25) is 0 Å². The first-order valence-corrected chi connectivity index (χ1v) is 8.87. The molecule has 1 aliphatic heterocycles. The van der Waals surface area contributed by atoms with Crippen LogP contribution in [0.15, 0.2) is 42.5 Å². The summed E-state index contributed by atoms with van der Waals surface area (Å²) in [5.41, 5.74) is 2.58. The van der Waals surface area contributed by atoms with E-state index in [2.05, 4.69) is 5.32 Å². The number of hydrogen-bond donors (Lipinski definition) is 1. The Bertz CT molecular complexity index is 836. The van der Waals surface area contributed by atoms with Gasteiger partial charge in [0.2, 0.25) is 11.8 Å². The summed E-state index contributed by atoms with van der Waals surface area (Å²) in [7, 11) is 3.12. The van der Waals surface area contributed by atoms with Gasteiger partial charge in [-0.2, -0.15) is 0 Å². The molecule has 3 rings (SSSR count). The molecule has 2 aromatic carbocycles. The first-order valence-electron chi connectivity index (χ1n) is 8.87. The number of ether oxygens (including phenoxy) is 2. The molecule has 6 nitrogen and oxygen atoms in total. The number of amides is 2. The SMILES string of the molecule is COc1cc(C)c(NC(=O)[C@H]2CC(=O)N(Cc3ccccc3)C2)cc1OC. The van der Waals surface area contributed by atoms with Crippen molar-refractivity contribution in [2.45, 2.75) is 19.9 Å². The maximum Gasteiger partial charge on any atom is 0.229 e. The van der Waals surface area contributed by atoms with Crippen molar-refractivity contribution in [2.75, 3.05) is 26.1 Å². The second-order valence-corrected chi connectivity index (χ2v) is 6.67. The number of nitrogens with zero attached hydrogens (tertiary/aromatic N) is 1. The molecule has 6 heteroatoms. The molecule has 1 heterocycles. The maximum absolute atomic E-state index is 12.7. The van der Waals surface area contributed by atoms with Gasteiger partial charge in [0.1, 0.15) is 0 Å². The summed E-state index contributed by atoms with van der Waals surface area (Å²) < 4.78 is 10.6. The van der Waals surface area contributed by atoms with E-state index in [0.29, 0.717) is 30.3 Å². The fourth-order valence-electron chi connectivity index (χ4n) is 3.25. The minimum Gasteiger partial charge on any atom is -0.493 e. The normalized spacial score (nSPS) is 16.3. The standard InChI is InChI=1S/C21H24N2O4/c1-14-9-18(26-2)19(27-3)11-17(14)22-21(25)16-10-20(24)23(13-16)12-15-7-5-4-6-8-15/h4-9,11,16H,10,12-13H2,1-3H3,(H,22,25)/t16-/m0/s1. The molecule has 0 bridgehead atoms. The van der Waals surface area contributed by atoms with Crippen molar-refractivity contribution in [1.82, 2.24) is 4.90 Å². The summed E-state index contributed by atoms with van der Waals surface area (Å²) >= 11 is 0. The maximum atomic E-state index is 12.7. The average Bonchev–Trinajstić information content (AvgIpc) is 3.04. The predicted molar refractivity (Wildman–Crippen MR) is 103 cm³/mol. The van der Waals surface area contributed by atoms with E-state index in [-0.39, 0.29) is 24.2 Å². The lowest BCUT2D eigenvalue weighted by molar-refractivity contribution is -0.128. The van der Waals surface area contributed by atoms with Crippen LogP contribution in [0.1, 0.15) is 17.5 Å².